The van der Waals surface area contributed by atoms with E-state index in [0.717, 1.165) is 33.4 Å². The lowest BCUT2D eigenvalue weighted by Crippen LogP contribution is -2.63. The van der Waals surface area contributed by atoms with Gasteiger partial charge in [-0.3, -0.25) is 19.5 Å². The van der Waals surface area contributed by atoms with Crippen LogP contribution in [0.5, 0.6) is 0 Å². The molecule has 12 atom stereocenters. The summed E-state index contributed by atoms with van der Waals surface area (Å²) in [7, 11) is 3.53. The molecular formula is C51H72N6O9. The van der Waals surface area contributed by atoms with Gasteiger partial charge >= 0.3 is 5.97 Å². The molecule has 2 aliphatic rings. The van der Waals surface area contributed by atoms with Crippen molar-refractivity contribution in [3.8, 4) is 5.69 Å². The molecule has 2 aliphatic heterocycles. The molecule has 4 N–H and O–H groups in total. The summed E-state index contributed by atoms with van der Waals surface area (Å²) in [6.45, 7) is 10.3. The molecule has 2 unspecified atom stereocenters. The van der Waals surface area contributed by atoms with Gasteiger partial charge in [0.25, 0.3) is 0 Å². The fraction of sp³-hybridized carbons (Fsp3) is 0.549. The minimum Gasteiger partial charge on any atom is -0.462 e. The number of allylic oxidation sites excluding steroid dienone is 3. The Labute approximate surface area is 390 Å². The van der Waals surface area contributed by atoms with Gasteiger partial charge in [0.15, 0.2) is 12.1 Å². The molecule has 2 aromatic heterocycles. The lowest BCUT2D eigenvalue weighted by atomic mass is 9.79. The van der Waals surface area contributed by atoms with Crippen molar-refractivity contribution in [2.24, 2.45) is 23.7 Å². The number of hydrogen-bond acceptors (Lipinski definition) is 14. The van der Waals surface area contributed by atoms with Crippen LogP contribution in [0.2, 0.25) is 0 Å². The summed E-state index contributed by atoms with van der Waals surface area (Å²) in [6.07, 6.45) is 2.65. The Balaban J connectivity index is 0.00000817. The molecular weight excluding hydrogens is 841 g/mol. The smallest absolute Gasteiger partial charge is 0.308 e. The van der Waals surface area contributed by atoms with Gasteiger partial charge < -0.3 is 39.5 Å². The quantitative estimate of drug-likeness (QED) is 0.120. The first-order valence-corrected chi connectivity index (χ1v) is 22.9. The van der Waals surface area contributed by atoms with E-state index >= 15 is 0 Å². The number of nitrogens with zero attached hydrogens (tertiary/aromatic N) is 6. The second-order valence-corrected chi connectivity index (χ2v) is 18.2. The maximum absolute atomic E-state index is 14.0. The average Bonchev–Trinajstić information content (AvgIpc) is 3.76. The van der Waals surface area contributed by atoms with Gasteiger partial charge in [-0.15, -0.1) is 5.10 Å². The number of esters is 1. The number of likely N-dealkylation sites (N-methyl/N-ethyl adjacent to an activating group) is 1. The molecule has 0 aliphatic carbocycles. The fourth-order valence-corrected chi connectivity index (χ4v) is 9.19. The number of cyclic esters (lactones) is 1. The summed E-state index contributed by atoms with van der Waals surface area (Å²) in [5.41, 5.74) is 4.30. The molecule has 2 aromatic carbocycles. The number of ketones is 1. The van der Waals surface area contributed by atoms with Crippen molar-refractivity contribution in [1.29, 1.82) is 0 Å². The van der Waals surface area contributed by atoms with Crippen LogP contribution in [0.25, 0.3) is 16.6 Å². The molecule has 15 nitrogen and oxygen atoms in total. The molecule has 6 rings (SSSR count). The van der Waals surface area contributed by atoms with E-state index in [4.69, 9.17) is 14.2 Å². The van der Waals surface area contributed by atoms with Crippen LogP contribution in [-0.4, -0.2) is 138 Å². The van der Waals surface area contributed by atoms with Gasteiger partial charge in [0.2, 0.25) is 0 Å². The first kappa shape index (κ1) is 52.3. The Morgan fingerprint density at radius 1 is 0.955 bits per heavy atom. The van der Waals surface area contributed by atoms with E-state index in [-0.39, 0.29) is 26.2 Å². The Morgan fingerprint density at radius 2 is 1.71 bits per heavy atom. The van der Waals surface area contributed by atoms with Gasteiger partial charge in [0.05, 0.1) is 66.6 Å². The second kappa shape index (κ2) is 24.4. The van der Waals surface area contributed by atoms with Crippen molar-refractivity contribution < 1.29 is 44.2 Å². The van der Waals surface area contributed by atoms with Crippen molar-refractivity contribution in [3.05, 3.63) is 108 Å². The molecule has 0 spiro atoms. The van der Waals surface area contributed by atoms with Gasteiger partial charge in [-0.05, 0) is 95.6 Å². The van der Waals surface area contributed by atoms with Crippen molar-refractivity contribution in [2.45, 2.75) is 130 Å². The molecule has 0 saturated carbocycles. The maximum atomic E-state index is 14.0. The molecule has 360 valence electrons. The van der Waals surface area contributed by atoms with Crippen LogP contribution < -0.4 is 0 Å². The zero-order chi connectivity index (χ0) is 46.8. The van der Waals surface area contributed by atoms with E-state index in [9.17, 15) is 30.0 Å². The number of rotatable bonds is 13. The highest BCUT2D eigenvalue weighted by Gasteiger charge is 2.47. The fourth-order valence-electron chi connectivity index (χ4n) is 9.19. The van der Waals surface area contributed by atoms with Crippen molar-refractivity contribution >= 4 is 22.7 Å². The van der Waals surface area contributed by atoms with E-state index in [1.54, 1.807) is 61.9 Å². The standard InChI is InChI=1S/C50H68N6O9.CH4/c1-8-44-38(30-57)23-31(2)16-19-42(58)32(3)24-37(49(33(4)43(59)26-45(60)64-44)65-50-48(62)46(54(6)7)47(61)34(5)63-50)20-22-55(27-35-13-10-9-11-14-35)28-39-29-56(53-52-39)40-17-18-41-36(25-40)15-12-21-51-41;/h9-19,21,23,25,29,32-34,37-38,43-44,46-50,57,59,61-62H,8,20,22,24,26-28,30H2,1-7H3;1H4/b19-16+,31-23+;/t32-,33+,34-,37+,38-,43-,44-,46?,47-,48?,49-,50+;/m1./s1. The van der Waals surface area contributed by atoms with Crippen LogP contribution in [0.1, 0.15) is 79.0 Å². The van der Waals surface area contributed by atoms with E-state index in [2.05, 4.69) is 32.3 Å². The third-order valence-corrected chi connectivity index (χ3v) is 13.0. The lowest BCUT2D eigenvalue weighted by Gasteiger charge is -2.46. The highest BCUT2D eigenvalue weighted by Crippen LogP contribution is 2.35. The van der Waals surface area contributed by atoms with Crippen LogP contribution in [0, 0.1) is 23.7 Å². The molecule has 1 fully saturated rings. The van der Waals surface area contributed by atoms with Gasteiger partial charge in [-0.25, -0.2) is 4.68 Å². The van der Waals surface area contributed by atoms with E-state index in [0.29, 0.717) is 38.9 Å². The van der Waals surface area contributed by atoms with Crippen molar-refractivity contribution in [3.63, 3.8) is 0 Å². The predicted octanol–water partition coefficient (Wildman–Crippen LogP) is 5.67. The number of fused-ring (bicyclic) bond motifs is 1. The Bertz CT molecular complexity index is 2220. The molecule has 4 aromatic rings. The summed E-state index contributed by atoms with van der Waals surface area (Å²) >= 11 is 0. The zero-order valence-electron chi connectivity index (χ0n) is 38.8. The minimum absolute atomic E-state index is 0. The first-order chi connectivity index (χ1) is 31.1. The van der Waals surface area contributed by atoms with Gasteiger partial charge in [0, 0.05) is 42.4 Å². The molecule has 1 saturated heterocycles. The number of pyridine rings is 1. The van der Waals surface area contributed by atoms with Crippen LogP contribution >= 0.6 is 0 Å². The number of carbonyl (C=O) groups is 2. The van der Waals surface area contributed by atoms with Crippen LogP contribution in [0.3, 0.4) is 0 Å². The normalized spacial score (nSPS) is 30.7. The monoisotopic (exact) mass is 913 g/mol. The summed E-state index contributed by atoms with van der Waals surface area (Å²) < 4.78 is 20.7. The highest BCUT2D eigenvalue weighted by atomic mass is 16.7. The third kappa shape index (κ3) is 13.5. The topological polar surface area (TPSA) is 193 Å². The zero-order valence-corrected chi connectivity index (χ0v) is 38.8. The first-order valence-electron chi connectivity index (χ1n) is 22.9. The van der Waals surface area contributed by atoms with E-state index < -0.39 is 78.6 Å². The van der Waals surface area contributed by atoms with E-state index in [1.165, 1.54) is 0 Å². The molecule has 0 radical (unpaired) electrons. The number of aromatic nitrogens is 4. The predicted molar refractivity (Wildman–Crippen MR) is 253 cm³/mol. The summed E-state index contributed by atoms with van der Waals surface area (Å²) in [5.74, 6) is -2.91. The number of benzene rings is 2. The van der Waals surface area contributed by atoms with Crippen LogP contribution in [0.4, 0.5) is 0 Å². The molecule has 0 amide bonds. The number of carbonyl (C=O) groups excluding carboxylic acids is 2. The van der Waals surface area contributed by atoms with Crippen LogP contribution in [-0.2, 0) is 36.9 Å². The van der Waals surface area contributed by atoms with Gasteiger partial charge in [-0.1, -0.05) is 87.5 Å². The van der Waals surface area contributed by atoms with Gasteiger partial charge in [0.1, 0.15) is 12.2 Å². The third-order valence-electron chi connectivity index (χ3n) is 13.0. The van der Waals surface area contributed by atoms with Crippen molar-refractivity contribution in [2.75, 3.05) is 27.2 Å². The van der Waals surface area contributed by atoms with Crippen molar-refractivity contribution in [1.82, 2.24) is 29.8 Å². The second-order valence-electron chi connectivity index (χ2n) is 18.2. The number of aliphatic hydroxyl groups is 4. The molecule has 15 heteroatoms. The largest absolute Gasteiger partial charge is 0.462 e. The van der Waals surface area contributed by atoms with Gasteiger partial charge in [-0.2, -0.15) is 0 Å². The summed E-state index contributed by atoms with van der Waals surface area (Å²) in [5, 5.41) is 55.1. The minimum atomic E-state index is -1.28. The number of ether oxygens (including phenoxy) is 3. The summed E-state index contributed by atoms with van der Waals surface area (Å²) in [4.78, 5) is 36.0. The van der Waals surface area contributed by atoms with E-state index in [1.807, 2.05) is 75.5 Å². The number of aliphatic hydroxyl groups excluding tert-OH is 4. The molecule has 4 heterocycles. The Morgan fingerprint density at radius 3 is 2.42 bits per heavy atom. The Kier molecular flexibility index (Phi) is 19.3. The number of hydrogen-bond donors (Lipinski definition) is 4. The summed E-state index contributed by atoms with van der Waals surface area (Å²) in [6, 6.07) is 19.2. The lowest BCUT2D eigenvalue weighted by molar-refractivity contribution is -0.304. The maximum Gasteiger partial charge on any atom is 0.308 e. The Hall–Kier alpha value is -4.71. The van der Waals surface area contributed by atoms with Crippen LogP contribution in [0.15, 0.2) is 96.9 Å². The highest BCUT2D eigenvalue weighted by molar-refractivity contribution is 5.91. The average molecular weight is 913 g/mol. The molecule has 0 bridgehead atoms. The molecule has 66 heavy (non-hydrogen) atoms. The SMILES string of the molecule is C.CC[C@H]1OC(=O)C[C@@H](O)[C@H](C)[C@@H](O[C@@H]2O[C@H](C)[C@@H](O)C(N(C)C)C2O)[C@@H](CCN(Cc2ccccc2)Cc2cn(-c3ccc4ncccc4c3)nn2)C[C@@H](C)C(=O)/C=C/C(C)=C/[C@@H]1CO.